The van der Waals surface area contributed by atoms with Crippen molar-refractivity contribution in [2.75, 3.05) is 39.3 Å². The van der Waals surface area contributed by atoms with Crippen LogP contribution in [0, 0.1) is 0 Å². The van der Waals surface area contributed by atoms with Crippen LogP contribution in [0.5, 0.6) is 0 Å². The summed E-state index contributed by atoms with van der Waals surface area (Å²) in [4.78, 5) is 20.6. The van der Waals surface area contributed by atoms with Gasteiger partial charge >= 0.3 is 5.97 Å². The van der Waals surface area contributed by atoms with Crippen molar-refractivity contribution in [1.82, 2.24) is 19.4 Å². The number of benzene rings is 1. The molecular formula is C18H24N4O2. The Morgan fingerprint density at radius 2 is 1.79 bits per heavy atom. The van der Waals surface area contributed by atoms with Crippen molar-refractivity contribution >= 4 is 5.97 Å². The van der Waals surface area contributed by atoms with Crippen LogP contribution < -0.4 is 0 Å². The minimum Gasteiger partial charge on any atom is -0.460 e. The number of hydrogen-bond donors (Lipinski definition) is 0. The summed E-state index contributed by atoms with van der Waals surface area (Å²) in [5.74, 6) is -0.147. The number of imidazole rings is 1. The first-order valence-corrected chi connectivity index (χ1v) is 8.39. The molecule has 128 valence electrons. The second-order valence-corrected chi connectivity index (χ2v) is 6.06. The predicted octanol–water partition coefficient (Wildman–Crippen LogP) is 1.24. The molecule has 6 heteroatoms. The van der Waals surface area contributed by atoms with E-state index in [9.17, 15) is 4.79 Å². The summed E-state index contributed by atoms with van der Waals surface area (Å²) < 4.78 is 7.44. The van der Waals surface area contributed by atoms with Gasteiger partial charge in [-0.2, -0.15) is 0 Å². The van der Waals surface area contributed by atoms with Gasteiger partial charge in [-0.15, -0.1) is 0 Å². The maximum atomic E-state index is 12.0. The van der Waals surface area contributed by atoms with E-state index < -0.39 is 0 Å². The molecule has 0 N–H and O–H groups in total. The second-order valence-electron chi connectivity index (χ2n) is 6.06. The van der Waals surface area contributed by atoms with E-state index in [2.05, 4.69) is 19.4 Å². The molecule has 0 unspecified atom stereocenters. The molecule has 1 aliphatic heterocycles. The summed E-state index contributed by atoms with van der Waals surface area (Å²) in [5.41, 5.74) is 1.02. The van der Waals surface area contributed by atoms with Crippen molar-refractivity contribution in [1.29, 1.82) is 0 Å². The van der Waals surface area contributed by atoms with E-state index in [1.165, 1.54) is 0 Å². The lowest BCUT2D eigenvalue weighted by Crippen LogP contribution is -2.48. The van der Waals surface area contributed by atoms with Gasteiger partial charge in [-0.1, -0.05) is 30.3 Å². The van der Waals surface area contributed by atoms with E-state index >= 15 is 0 Å². The predicted molar refractivity (Wildman–Crippen MR) is 91.3 cm³/mol. The number of esters is 1. The Bertz CT molecular complexity index is 607. The normalized spacial score (nSPS) is 16.2. The number of aromatic nitrogens is 2. The Morgan fingerprint density at radius 1 is 1.04 bits per heavy atom. The minimum atomic E-state index is -0.147. The maximum absolute atomic E-state index is 12.0. The van der Waals surface area contributed by atoms with Crippen molar-refractivity contribution in [2.24, 2.45) is 0 Å². The molecule has 0 saturated carbocycles. The van der Waals surface area contributed by atoms with Gasteiger partial charge in [0, 0.05) is 51.7 Å². The molecule has 1 fully saturated rings. The summed E-state index contributed by atoms with van der Waals surface area (Å²) in [6.07, 6.45) is 5.64. The first kappa shape index (κ1) is 16.7. The average Bonchev–Trinajstić information content (AvgIpc) is 3.14. The second kappa shape index (κ2) is 8.61. The van der Waals surface area contributed by atoms with Gasteiger partial charge in [0.25, 0.3) is 0 Å². The number of hydrogen-bond acceptors (Lipinski definition) is 5. The first-order chi connectivity index (χ1) is 11.8. The van der Waals surface area contributed by atoms with Crippen molar-refractivity contribution < 1.29 is 9.53 Å². The lowest BCUT2D eigenvalue weighted by molar-refractivity contribution is -0.146. The average molecular weight is 328 g/mol. The molecule has 1 aliphatic rings. The maximum Gasteiger partial charge on any atom is 0.320 e. The van der Waals surface area contributed by atoms with E-state index in [0.717, 1.165) is 44.8 Å². The third kappa shape index (κ3) is 5.18. The highest BCUT2D eigenvalue weighted by Gasteiger charge is 2.19. The van der Waals surface area contributed by atoms with Crippen molar-refractivity contribution in [2.45, 2.75) is 13.2 Å². The fourth-order valence-electron chi connectivity index (χ4n) is 2.81. The van der Waals surface area contributed by atoms with E-state index in [1.54, 1.807) is 6.20 Å². The Hall–Kier alpha value is -2.18. The van der Waals surface area contributed by atoms with Crippen LogP contribution >= 0.6 is 0 Å². The van der Waals surface area contributed by atoms with Crippen molar-refractivity contribution in [3.63, 3.8) is 0 Å². The third-order valence-electron chi connectivity index (χ3n) is 4.29. The summed E-state index contributed by atoms with van der Waals surface area (Å²) in [5, 5.41) is 0. The molecule has 6 nitrogen and oxygen atoms in total. The van der Waals surface area contributed by atoms with Crippen LogP contribution in [0.2, 0.25) is 0 Å². The Kier molecular flexibility index (Phi) is 5.98. The Labute approximate surface area is 142 Å². The van der Waals surface area contributed by atoms with Crippen LogP contribution in [0.3, 0.4) is 0 Å². The number of piperazine rings is 1. The van der Waals surface area contributed by atoms with E-state index in [-0.39, 0.29) is 5.97 Å². The zero-order chi connectivity index (χ0) is 16.6. The van der Waals surface area contributed by atoms with E-state index in [1.807, 2.05) is 42.9 Å². The Morgan fingerprint density at radius 3 is 2.50 bits per heavy atom. The highest BCUT2D eigenvalue weighted by Crippen LogP contribution is 2.04. The van der Waals surface area contributed by atoms with Gasteiger partial charge in [0.2, 0.25) is 0 Å². The van der Waals surface area contributed by atoms with Crippen LogP contribution in [0.25, 0.3) is 0 Å². The van der Waals surface area contributed by atoms with Gasteiger partial charge in [-0.3, -0.25) is 14.6 Å². The summed E-state index contributed by atoms with van der Waals surface area (Å²) in [7, 11) is 0. The molecule has 0 radical (unpaired) electrons. The lowest BCUT2D eigenvalue weighted by atomic mass is 10.2. The summed E-state index contributed by atoms with van der Waals surface area (Å²) in [6.45, 7) is 6.49. The molecule has 1 aromatic heterocycles. The Balaban J connectivity index is 1.32. The quantitative estimate of drug-likeness (QED) is 0.716. The fraction of sp³-hybridized carbons (Fsp3) is 0.444. The zero-order valence-corrected chi connectivity index (χ0v) is 13.9. The zero-order valence-electron chi connectivity index (χ0n) is 13.9. The van der Waals surface area contributed by atoms with Crippen LogP contribution in [-0.2, 0) is 22.7 Å². The third-order valence-corrected chi connectivity index (χ3v) is 4.29. The molecule has 0 atom stereocenters. The molecule has 1 saturated heterocycles. The first-order valence-electron chi connectivity index (χ1n) is 8.39. The number of ether oxygens (including phenoxy) is 1. The monoisotopic (exact) mass is 328 g/mol. The molecule has 24 heavy (non-hydrogen) atoms. The van der Waals surface area contributed by atoms with Gasteiger partial charge in [0.15, 0.2) is 0 Å². The summed E-state index contributed by atoms with van der Waals surface area (Å²) in [6, 6.07) is 9.79. The van der Waals surface area contributed by atoms with Gasteiger partial charge in [0.05, 0.1) is 12.9 Å². The van der Waals surface area contributed by atoms with Gasteiger partial charge < -0.3 is 9.30 Å². The topological polar surface area (TPSA) is 50.6 Å². The smallest absolute Gasteiger partial charge is 0.320 e. The van der Waals surface area contributed by atoms with Gasteiger partial charge in [-0.05, 0) is 5.56 Å². The van der Waals surface area contributed by atoms with Crippen molar-refractivity contribution in [3.05, 3.63) is 54.6 Å². The number of carbonyl (C=O) groups excluding carboxylic acids is 1. The SMILES string of the molecule is O=C(CN1CCN(CCn2ccnc2)CC1)OCc1ccccc1. The molecule has 0 aliphatic carbocycles. The highest BCUT2D eigenvalue weighted by molar-refractivity contribution is 5.71. The minimum absolute atomic E-state index is 0.147. The van der Waals surface area contributed by atoms with Gasteiger partial charge in [-0.25, -0.2) is 4.98 Å². The van der Waals surface area contributed by atoms with Crippen LogP contribution in [-0.4, -0.2) is 64.6 Å². The summed E-state index contributed by atoms with van der Waals surface area (Å²) >= 11 is 0. The standard InChI is InChI=1S/C18H24N4O2/c23-18(24-15-17-4-2-1-3-5-17)14-21-11-8-20(9-12-21)10-13-22-7-6-19-16-22/h1-7,16H,8-15H2. The molecule has 2 aromatic rings. The van der Waals surface area contributed by atoms with Crippen molar-refractivity contribution in [3.8, 4) is 0 Å². The largest absolute Gasteiger partial charge is 0.460 e. The van der Waals surface area contributed by atoms with Gasteiger partial charge in [0.1, 0.15) is 6.61 Å². The van der Waals surface area contributed by atoms with Crippen LogP contribution in [0.1, 0.15) is 5.56 Å². The molecule has 0 amide bonds. The van der Waals surface area contributed by atoms with Crippen LogP contribution in [0.4, 0.5) is 0 Å². The van der Waals surface area contributed by atoms with E-state index in [0.29, 0.717) is 13.2 Å². The molecule has 1 aromatic carbocycles. The van der Waals surface area contributed by atoms with Crippen LogP contribution in [0.15, 0.2) is 49.1 Å². The molecular weight excluding hydrogens is 304 g/mol. The number of rotatable bonds is 7. The number of carbonyl (C=O) groups is 1. The highest BCUT2D eigenvalue weighted by atomic mass is 16.5. The molecule has 3 rings (SSSR count). The lowest BCUT2D eigenvalue weighted by Gasteiger charge is -2.34. The molecule has 0 spiro atoms. The molecule has 2 heterocycles. The van der Waals surface area contributed by atoms with E-state index in [4.69, 9.17) is 4.74 Å². The number of nitrogens with zero attached hydrogens (tertiary/aromatic N) is 4. The molecule has 0 bridgehead atoms. The fourth-order valence-corrected chi connectivity index (χ4v) is 2.81.